The first-order chi connectivity index (χ1) is 9.63. The Morgan fingerprint density at radius 2 is 1.95 bits per heavy atom. The molecule has 3 rings (SSSR count). The molecule has 0 amide bonds. The number of nitrogens with zero attached hydrogens (tertiary/aromatic N) is 1. The molecule has 0 aliphatic carbocycles. The third-order valence-corrected chi connectivity index (χ3v) is 4.55. The molecule has 0 saturated carbocycles. The summed E-state index contributed by atoms with van der Waals surface area (Å²) in [7, 11) is 0. The number of aliphatic hydroxyl groups excluding tert-OH is 1. The van der Waals surface area contributed by atoms with E-state index in [9.17, 15) is 5.11 Å². The summed E-state index contributed by atoms with van der Waals surface area (Å²) < 4.78 is 1.18. The van der Waals surface area contributed by atoms with Crippen molar-refractivity contribution in [2.24, 2.45) is 0 Å². The Morgan fingerprint density at radius 1 is 1.15 bits per heavy atom. The van der Waals surface area contributed by atoms with Gasteiger partial charge in [0, 0.05) is 6.42 Å². The molecule has 2 nitrogen and oxygen atoms in total. The number of hydrogen-bond acceptors (Lipinski definition) is 3. The Kier molecular flexibility index (Phi) is 3.55. The summed E-state index contributed by atoms with van der Waals surface area (Å²) in [6.07, 6.45) is 0.0830. The zero-order chi connectivity index (χ0) is 14.1. The van der Waals surface area contributed by atoms with Crippen LogP contribution in [-0.4, -0.2) is 10.1 Å². The fourth-order valence-corrected chi connectivity index (χ4v) is 3.49. The lowest BCUT2D eigenvalue weighted by molar-refractivity contribution is 0.177. The van der Waals surface area contributed by atoms with Gasteiger partial charge >= 0.3 is 0 Å². The average molecular weight is 283 g/mol. The first kappa shape index (κ1) is 13.3. The van der Waals surface area contributed by atoms with Crippen LogP contribution in [0.5, 0.6) is 0 Å². The zero-order valence-corrected chi connectivity index (χ0v) is 12.4. The number of aryl methyl sites for hydroxylation is 2. The number of fused-ring (bicyclic) bond motifs is 1. The number of rotatable bonds is 3. The van der Waals surface area contributed by atoms with Crippen molar-refractivity contribution in [1.82, 2.24) is 4.98 Å². The Balaban J connectivity index is 1.86. The summed E-state index contributed by atoms with van der Waals surface area (Å²) in [5, 5.41) is 11.4. The summed E-state index contributed by atoms with van der Waals surface area (Å²) in [6.45, 7) is 4.11. The second-order valence-corrected chi connectivity index (χ2v) is 6.27. The number of hydrogen-bond donors (Lipinski definition) is 1. The second-order valence-electron chi connectivity index (χ2n) is 5.16. The van der Waals surface area contributed by atoms with E-state index in [4.69, 9.17) is 0 Å². The highest BCUT2D eigenvalue weighted by Gasteiger charge is 2.14. The van der Waals surface area contributed by atoms with Gasteiger partial charge in [0.25, 0.3) is 0 Å². The Hall–Kier alpha value is -1.71. The molecule has 0 aliphatic rings. The minimum atomic E-state index is -0.490. The Morgan fingerprint density at radius 3 is 2.70 bits per heavy atom. The second kappa shape index (κ2) is 5.35. The summed E-state index contributed by atoms with van der Waals surface area (Å²) in [5.74, 6) is 0. The number of aromatic nitrogens is 1. The quantitative estimate of drug-likeness (QED) is 0.782. The van der Waals surface area contributed by atoms with Crippen LogP contribution >= 0.6 is 11.3 Å². The molecule has 0 radical (unpaired) electrons. The van der Waals surface area contributed by atoms with Crippen molar-refractivity contribution < 1.29 is 5.11 Å². The topological polar surface area (TPSA) is 33.1 Å². The smallest absolute Gasteiger partial charge is 0.0967 e. The lowest BCUT2D eigenvalue weighted by Crippen LogP contribution is -2.03. The number of aliphatic hydroxyl groups is 1. The maximum absolute atomic E-state index is 10.4. The van der Waals surface area contributed by atoms with Crippen molar-refractivity contribution in [3.8, 4) is 0 Å². The normalized spacial score (nSPS) is 12.8. The molecular formula is C17H17NOS. The number of benzene rings is 2. The van der Waals surface area contributed by atoms with E-state index in [1.807, 2.05) is 37.3 Å². The summed E-state index contributed by atoms with van der Waals surface area (Å²) in [4.78, 5) is 4.58. The van der Waals surface area contributed by atoms with E-state index < -0.39 is 6.10 Å². The fourth-order valence-electron chi connectivity index (χ4n) is 2.48. The largest absolute Gasteiger partial charge is 0.388 e. The lowest BCUT2D eigenvalue weighted by Gasteiger charge is -2.12. The lowest BCUT2D eigenvalue weighted by atomic mass is 9.99. The first-order valence-electron chi connectivity index (χ1n) is 6.73. The molecule has 0 fully saturated rings. The Bertz CT molecular complexity index is 715. The molecule has 102 valence electrons. The van der Waals surface area contributed by atoms with Crippen LogP contribution in [-0.2, 0) is 6.42 Å². The van der Waals surface area contributed by atoms with Crippen molar-refractivity contribution in [1.29, 1.82) is 0 Å². The van der Waals surface area contributed by atoms with E-state index in [-0.39, 0.29) is 0 Å². The molecule has 2 aromatic carbocycles. The van der Waals surface area contributed by atoms with Gasteiger partial charge in [0.2, 0.25) is 0 Å². The molecule has 20 heavy (non-hydrogen) atoms. The van der Waals surface area contributed by atoms with Gasteiger partial charge in [-0.1, -0.05) is 35.9 Å². The van der Waals surface area contributed by atoms with Gasteiger partial charge in [-0.2, -0.15) is 0 Å². The molecular weight excluding hydrogens is 266 g/mol. The van der Waals surface area contributed by atoms with E-state index in [1.165, 1.54) is 10.3 Å². The molecule has 1 N–H and O–H groups in total. The first-order valence-corrected chi connectivity index (χ1v) is 7.55. The van der Waals surface area contributed by atoms with Gasteiger partial charge in [0.15, 0.2) is 0 Å². The average Bonchev–Trinajstić information content (AvgIpc) is 2.80. The maximum atomic E-state index is 10.4. The predicted octanol–water partition coefficient (Wildman–Crippen LogP) is 4.19. The van der Waals surface area contributed by atoms with Crippen molar-refractivity contribution in [2.75, 3.05) is 0 Å². The van der Waals surface area contributed by atoms with Crippen LogP contribution in [0.2, 0.25) is 0 Å². The van der Waals surface area contributed by atoms with E-state index in [0.29, 0.717) is 6.42 Å². The zero-order valence-electron chi connectivity index (χ0n) is 11.6. The van der Waals surface area contributed by atoms with Crippen molar-refractivity contribution in [3.05, 3.63) is 64.2 Å². The van der Waals surface area contributed by atoms with Crippen LogP contribution < -0.4 is 0 Å². The highest BCUT2D eigenvalue weighted by Crippen LogP contribution is 2.27. The molecule has 0 spiro atoms. The van der Waals surface area contributed by atoms with Gasteiger partial charge in [-0.25, -0.2) is 4.98 Å². The molecule has 1 aromatic heterocycles. The van der Waals surface area contributed by atoms with Gasteiger partial charge in [0.1, 0.15) is 0 Å². The molecule has 0 aliphatic heterocycles. The molecule has 3 aromatic rings. The van der Waals surface area contributed by atoms with Crippen LogP contribution in [0.1, 0.15) is 27.8 Å². The molecule has 1 unspecified atom stereocenters. The van der Waals surface area contributed by atoms with Gasteiger partial charge in [0.05, 0.1) is 21.3 Å². The predicted molar refractivity (Wildman–Crippen MR) is 84.2 cm³/mol. The number of para-hydroxylation sites is 1. The monoisotopic (exact) mass is 283 g/mol. The molecule has 0 saturated heterocycles. The summed E-state index contributed by atoms with van der Waals surface area (Å²) in [6, 6.07) is 14.3. The van der Waals surface area contributed by atoms with Crippen LogP contribution in [0.15, 0.2) is 42.5 Å². The third kappa shape index (κ3) is 2.60. The molecule has 0 bridgehead atoms. The van der Waals surface area contributed by atoms with Gasteiger partial charge in [-0.15, -0.1) is 11.3 Å². The van der Waals surface area contributed by atoms with Crippen molar-refractivity contribution >= 4 is 21.6 Å². The molecule has 1 atom stereocenters. The van der Waals surface area contributed by atoms with Crippen LogP contribution in [0.25, 0.3) is 10.2 Å². The van der Waals surface area contributed by atoms with E-state index >= 15 is 0 Å². The summed E-state index contributed by atoms with van der Waals surface area (Å²) >= 11 is 1.66. The van der Waals surface area contributed by atoms with E-state index in [0.717, 1.165) is 21.7 Å². The fraction of sp³-hybridized carbons (Fsp3) is 0.235. The molecule has 1 heterocycles. The SMILES string of the molecule is Cc1ccc(C(O)Cc2nc3ccccc3s2)c(C)c1. The van der Waals surface area contributed by atoms with Crippen molar-refractivity contribution in [2.45, 2.75) is 26.4 Å². The third-order valence-electron chi connectivity index (χ3n) is 3.49. The highest BCUT2D eigenvalue weighted by atomic mass is 32.1. The molecule has 3 heteroatoms. The van der Waals surface area contributed by atoms with Crippen molar-refractivity contribution in [3.63, 3.8) is 0 Å². The summed E-state index contributed by atoms with van der Waals surface area (Å²) in [5.41, 5.74) is 4.37. The minimum Gasteiger partial charge on any atom is -0.388 e. The van der Waals surface area contributed by atoms with Crippen LogP contribution in [0, 0.1) is 13.8 Å². The number of thiazole rings is 1. The maximum Gasteiger partial charge on any atom is 0.0967 e. The minimum absolute atomic E-state index is 0.490. The highest BCUT2D eigenvalue weighted by molar-refractivity contribution is 7.18. The van der Waals surface area contributed by atoms with E-state index in [2.05, 4.69) is 24.0 Å². The van der Waals surface area contributed by atoms with Crippen LogP contribution in [0.3, 0.4) is 0 Å². The van der Waals surface area contributed by atoms with Gasteiger partial charge in [-0.05, 0) is 37.1 Å². The van der Waals surface area contributed by atoms with Gasteiger partial charge < -0.3 is 5.11 Å². The van der Waals surface area contributed by atoms with Crippen LogP contribution in [0.4, 0.5) is 0 Å². The van der Waals surface area contributed by atoms with Gasteiger partial charge in [-0.3, -0.25) is 0 Å². The standard InChI is InChI=1S/C17H17NOS/c1-11-7-8-13(12(2)9-11)15(19)10-17-18-14-5-3-4-6-16(14)20-17/h3-9,15,19H,10H2,1-2H3. The Labute approximate surface area is 122 Å². The van der Waals surface area contributed by atoms with E-state index in [1.54, 1.807) is 11.3 Å².